The molecule has 0 saturated carbocycles. The van der Waals surface area contributed by atoms with Crippen LogP contribution >= 0.6 is 0 Å². The Balaban J connectivity index is 1.49. The SMILES string of the molecule is COCCn1c(-c2nc3cc(C(=O)N4CCC[C@@H](NC(=O)O)C4)ccc3n2C)cc2ccccc21. The number of rotatable bonds is 6. The van der Waals surface area contributed by atoms with E-state index in [0.29, 0.717) is 31.8 Å². The van der Waals surface area contributed by atoms with Crippen LogP contribution in [0.2, 0.25) is 0 Å². The first-order chi connectivity index (χ1) is 17.0. The Bertz CT molecular complexity index is 1410. The lowest BCUT2D eigenvalue weighted by Crippen LogP contribution is -2.49. The topological polar surface area (TPSA) is 102 Å². The maximum atomic E-state index is 13.2. The molecule has 2 aromatic carbocycles. The lowest BCUT2D eigenvalue weighted by molar-refractivity contribution is 0.0692. The van der Waals surface area contributed by atoms with Crippen molar-refractivity contribution in [3.05, 3.63) is 54.1 Å². The van der Waals surface area contributed by atoms with Crippen molar-refractivity contribution in [3.63, 3.8) is 0 Å². The minimum atomic E-state index is -1.06. The number of amides is 2. The van der Waals surface area contributed by atoms with Crippen LogP contribution in [0.4, 0.5) is 4.79 Å². The molecule has 1 atom stereocenters. The van der Waals surface area contributed by atoms with Gasteiger partial charge in [-0.05, 0) is 43.2 Å². The number of methoxy groups -OCH3 is 1. The van der Waals surface area contributed by atoms with Crippen LogP contribution in [0, 0.1) is 0 Å². The van der Waals surface area contributed by atoms with E-state index < -0.39 is 6.09 Å². The zero-order valence-electron chi connectivity index (χ0n) is 19.9. The van der Waals surface area contributed by atoms with E-state index in [1.165, 1.54) is 0 Å². The van der Waals surface area contributed by atoms with Crippen molar-refractivity contribution in [1.29, 1.82) is 0 Å². The summed E-state index contributed by atoms with van der Waals surface area (Å²) in [5.74, 6) is 0.714. The predicted octanol–water partition coefficient (Wildman–Crippen LogP) is 3.71. The van der Waals surface area contributed by atoms with E-state index in [-0.39, 0.29) is 11.9 Å². The summed E-state index contributed by atoms with van der Waals surface area (Å²) in [6, 6.07) is 15.7. The number of carboxylic acid groups (broad SMARTS) is 1. The standard InChI is InChI=1S/C26H29N5O4/c1-29-22-10-9-18(25(32)30-11-5-7-19(16-30)27-26(33)34)14-20(22)28-24(29)23-15-17-6-3-4-8-21(17)31(23)12-13-35-2/h3-4,6,8-10,14-15,19,27H,5,7,11-13,16H2,1-2H3,(H,33,34)/t19-/m1/s1. The number of hydrogen-bond acceptors (Lipinski definition) is 4. The monoisotopic (exact) mass is 475 g/mol. The third-order valence-corrected chi connectivity index (χ3v) is 6.72. The van der Waals surface area contributed by atoms with Gasteiger partial charge in [-0.3, -0.25) is 4.79 Å². The summed E-state index contributed by atoms with van der Waals surface area (Å²) >= 11 is 0. The number of nitrogens with zero attached hydrogens (tertiary/aromatic N) is 4. The number of ether oxygens (including phenoxy) is 1. The van der Waals surface area contributed by atoms with Crippen molar-refractivity contribution in [2.45, 2.75) is 25.4 Å². The molecule has 1 aliphatic rings. The molecule has 182 valence electrons. The largest absolute Gasteiger partial charge is 0.465 e. The highest BCUT2D eigenvalue weighted by Crippen LogP contribution is 2.30. The van der Waals surface area contributed by atoms with Gasteiger partial charge < -0.3 is 29.2 Å². The lowest BCUT2D eigenvalue weighted by Gasteiger charge is -2.32. The number of hydrogen-bond donors (Lipinski definition) is 2. The number of piperidine rings is 1. The van der Waals surface area contributed by atoms with Crippen LogP contribution in [-0.4, -0.2) is 69.0 Å². The highest BCUT2D eigenvalue weighted by Gasteiger charge is 2.26. The Kier molecular flexibility index (Phi) is 6.17. The van der Waals surface area contributed by atoms with Gasteiger partial charge in [0.15, 0.2) is 5.82 Å². The normalized spacial score (nSPS) is 16.2. The summed E-state index contributed by atoms with van der Waals surface area (Å²) in [5, 5.41) is 12.7. The Labute approximate surface area is 202 Å². The van der Waals surface area contributed by atoms with E-state index in [1.54, 1.807) is 12.0 Å². The fourth-order valence-corrected chi connectivity index (χ4v) is 5.02. The maximum Gasteiger partial charge on any atom is 0.404 e. The van der Waals surface area contributed by atoms with Crippen LogP contribution in [-0.2, 0) is 18.3 Å². The number of nitrogens with one attached hydrogen (secondary N) is 1. The van der Waals surface area contributed by atoms with Gasteiger partial charge in [0.25, 0.3) is 5.91 Å². The Hall–Kier alpha value is -3.85. The third-order valence-electron chi connectivity index (χ3n) is 6.72. The first-order valence-electron chi connectivity index (χ1n) is 11.8. The van der Waals surface area contributed by atoms with Gasteiger partial charge in [0, 0.05) is 56.3 Å². The van der Waals surface area contributed by atoms with E-state index in [9.17, 15) is 9.59 Å². The minimum absolute atomic E-state index is 0.106. The quantitative estimate of drug-likeness (QED) is 0.443. The summed E-state index contributed by atoms with van der Waals surface area (Å²) in [4.78, 5) is 30.9. The number of aryl methyl sites for hydroxylation is 1. The average Bonchev–Trinajstić information content (AvgIpc) is 3.38. The molecule has 0 unspecified atom stereocenters. The van der Waals surface area contributed by atoms with Gasteiger partial charge in [0.2, 0.25) is 0 Å². The van der Waals surface area contributed by atoms with Crippen molar-refractivity contribution in [1.82, 2.24) is 24.3 Å². The second-order valence-electron chi connectivity index (χ2n) is 8.97. The van der Waals surface area contributed by atoms with E-state index in [4.69, 9.17) is 14.8 Å². The number of imidazole rings is 1. The van der Waals surface area contributed by atoms with Crippen LogP contribution in [0.3, 0.4) is 0 Å². The summed E-state index contributed by atoms with van der Waals surface area (Å²) in [5.41, 5.74) is 4.35. The van der Waals surface area contributed by atoms with Gasteiger partial charge in [-0.15, -0.1) is 0 Å². The summed E-state index contributed by atoms with van der Waals surface area (Å²) < 4.78 is 9.61. The predicted molar refractivity (Wildman–Crippen MR) is 134 cm³/mol. The van der Waals surface area contributed by atoms with Crippen LogP contribution in [0.15, 0.2) is 48.5 Å². The van der Waals surface area contributed by atoms with E-state index in [0.717, 1.165) is 46.3 Å². The maximum absolute atomic E-state index is 13.2. The van der Waals surface area contributed by atoms with E-state index >= 15 is 0 Å². The fraction of sp³-hybridized carbons (Fsp3) is 0.346. The number of para-hydroxylation sites is 1. The van der Waals surface area contributed by atoms with E-state index in [2.05, 4.69) is 32.7 Å². The van der Waals surface area contributed by atoms with E-state index in [1.807, 2.05) is 37.4 Å². The van der Waals surface area contributed by atoms with Crippen molar-refractivity contribution in [3.8, 4) is 11.5 Å². The molecule has 2 amide bonds. The van der Waals surface area contributed by atoms with Crippen LogP contribution < -0.4 is 5.32 Å². The zero-order chi connectivity index (χ0) is 24.5. The molecule has 0 bridgehead atoms. The van der Waals surface area contributed by atoms with Gasteiger partial charge in [0.05, 0.1) is 23.3 Å². The highest BCUT2D eigenvalue weighted by molar-refractivity contribution is 5.98. The van der Waals surface area contributed by atoms with Crippen molar-refractivity contribution < 1.29 is 19.4 Å². The number of aromatic nitrogens is 3. The van der Waals surface area contributed by atoms with Gasteiger partial charge in [-0.2, -0.15) is 0 Å². The smallest absolute Gasteiger partial charge is 0.404 e. The molecule has 9 nitrogen and oxygen atoms in total. The van der Waals surface area contributed by atoms with Crippen LogP contribution in [0.1, 0.15) is 23.2 Å². The molecular formula is C26H29N5O4. The van der Waals surface area contributed by atoms with Crippen LogP contribution in [0.25, 0.3) is 33.5 Å². The summed E-state index contributed by atoms with van der Waals surface area (Å²) in [6.45, 7) is 2.27. The molecule has 35 heavy (non-hydrogen) atoms. The zero-order valence-corrected chi connectivity index (χ0v) is 19.9. The number of benzene rings is 2. The molecule has 9 heteroatoms. The number of carbonyl (C=O) groups excluding carboxylic acids is 1. The number of fused-ring (bicyclic) bond motifs is 2. The first kappa shape index (κ1) is 22.9. The highest BCUT2D eigenvalue weighted by atomic mass is 16.5. The van der Waals surface area contributed by atoms with Crippen molar-refractivity contribution in [2.75, 3.05) is 26.8 Å². The summed E-state index contributed by atoms with van der Waals surface area (Å²) in [7, 11) is 3.68. The van der Waals surface area contributed by atoms with Crippen molar-refractivity contribution >= 4 is 33.9 Å². The Morgan fingerprint density at radius 1 is 1.17 bits per heavy atom. The van der Waals surface area contributed by atoms with Crippen molar-refractivity contribution in [2.24, 2.45) is 7.05 Å². The van der Waals surface area contributed by atoms with Crippen LogP contribution in [0.5, 0.6) is 0 Å². The number of carbonyl (C=O) groups is 2. The molecule has 2 aromatic heterocycles. The average molecular weight is 476 g/mol. The fourth-order valence-electron chi connectivity index (χ4n) is 5.02. The van der Waals surface area contributed by atoms with Gasteiger partial charge in [0.1, 0.15) is 0 Å². The second-order valence-corrected chi connectivity index (χ2v) is 8.97. The second kappa shape index (κ2) is 9.42. The molecule has 2 N–H and O–H groups in total. The molecule has 1 fully saturated rings. The molecule has 3 heterocycles. The molecular weight excluding hydrogens is 446 g/mol. The van der Waals surface area contributed by atoms with Gasteiger partial charge in [-0.1, -0.05) is 18.2 Å². The molecule has 5 rings (SSSR count). The molecule has 1 saturated heterocycles. The molecule has 0 aliphatic carbocycles. The first-order valence-corrected chi connectivity index (χ1v) is 11.8. The molecule has 0 radical (unpaired) electrons. The van der Waals surface area contributed by atoms with Gasteiger partial charge in [-0.25, -0.2) is 9.78 Å². The molecule has 1 aliphatic heterocycles. The lowest BCUT2D eigenvalue weighted by atomic mass is 10.0. The Morgan fingerprint density at radius 2 is 2.00 bits per heavy atom. The minimum Gasteiger partial charge on any atom is -0.465 e. The number of likely N-dealkylation sites (tertiary alicyclic amines) is 1. The summed E-state index contributed by atoms with van der Waals surface area (Å²) in [6.07, 6.45) is 0.434. The van der Waals surface area contributed by atoms with Gasteiger partial charge >= 0.3 is 6.09 Å². The molecule has 4 aromatic rings. The Morgan fingerprint density at radius 3 is 2.80 bits per heavy atom. The third kappa shape index (κ3) is 4.35. The molecule has 0 spiro atoms.